The van der Waals surface area contributed by atoms with Crippen molar-refractivity contribution in [2.75, 3.05) is 19.8 Å². The molecule has 1 aliphatic rings. The molecule has 0 spiro atoms. The molecule has 1 unspecified atom stereocenters. The summed E-state index contributed by atoms with van der Waals surface area (Å²) < 4.78 is 5.46. The Morgan fingerprint density at radius 3 is 2.35 bits per heavy atom. The molecule has 1 heterocycles. The first-order chi connectivity index (χ1) is 9.12. The Morgan fingerprint density at radius 2 is 1.85 bits per heavy atom. The molecule has 0 bridgehead atoms. The second-order valence-corrected chi connectivity index (χ2v) is 6.93. The van der Waals surface area contributed by atoms with Crippen LogP contribution in [0.1, 0.15) is 48.0 Å². The lowest BCUT2D eigenvalue weighted by Gasteiger charge is -2.47. The number of nitrogens with one attached hydrogen (secondary N) is 1. The van der Waals surface area contributed by atoms with E-state index in [9.17, 15) is 9.59 Å². The van der Waals surface area contributed by atoms with Gasteiger partial charge in [0.05, 0.1) is 6.61 Å². The number of rotatable bonds is 5. The Kier molecular flexibility index (Phi) is 5.19. The highest BCUT2D eigenvalue weighted by Crippen LogP contribution is 2.29. The van der Waals surface area contributed by atoms with E-state index in [4.69, 9.17) is 4.74 Å². The minimum absolute atomic E-state index is 0.0257. The third-order valence-electron chi connectivity index (χ3n) is 3.69. The van der Waals surface area contributed by atoms with Gasteiger partial charge < -0.3 is 15.0 Å². The first-order valence-corrected chi connectivity index (χ1v) is 7.32. The summed E-state index contributed by atoms with van der Waals surface area (Å²) in [6.07, 6.45) is 0.947. The van der Waals surface area contributed by atoms with Gasteiger partial charge in [0.1, 0.15) is 11.6 Å². The van der Waals surface area contributed by atoms with Gasteiger partial charge in [-0.2, -0.15) is 0 Å². The Labute approximate surface area is 122 Å². The third kappa shape index (κ3) is 3.51. The van der Waals surface area contributed by atoms with Crippen molar-refractivity contribution in [1.82, 2.24) is 10.2 Å². The number of hydrogen-bond donors (Lipinski definition) is 1. The molecule has 0 aromatic heterocycles. The van der Waals surface area contributed by atoms with Crippen molar-refractivity contribution in [3.05, 3.63) is 0 Å². The third-order valence-corrected chi connectivity index (χ3v) is 3.69. The van der Waals surface area contributed by atoms with Crippen molar-refractivity contribution >= 4 is 11.8 Å². The van der Waals surface area contributed by atoms with Gasteiger partial charge in [0.15, 0.2) is 0 Å². The highest BCUT2D eigenvalue weighted by molar-refractivity contribution is 5.99. The van der Waals surface area contributed by atoms with E-state index in [0.29, 0.717) is 19.8 Å². The van der Waals surface area contributed by atoms with E-state index in [2.05, 4.69) is 5.32 Å². The molecular weight excluding hydrogens is 256 g/mol. The van der Waals surface area contributed by atoms with Crippen molar-refractivity contribution < 1.29 is 14.3 Å². The summed E-state index contributed by atoms with van der Waals surface area (Å²) in [6, 6.07) is -0.478. The molecule has 1 rings (SSSR count). The topological polar surface area (TPSA) is 58.6 Å². The van der Waals surface area contributed by atoms with Crippen molar-refractivity contribution in [1.29, 1.82) is 0 Å². The first-order valence-electron chi connectivity index (χ1n) is 7.32. The molecule has 1 atom stereocenters. The quantitative estimate of drug-likeness (QED) is 0.780. The van der Waals surface area contributed by atoms with E-state index in [1.165, 1.54) is 0 Å². The zero-order valence-corrected chi connectivity index (χ0v) is 13.6. The van der Waals surface area contributed by atoms with E-state index in [1.54, 1.807) is 18.7 Å². The summed E-state index contributed by atoms with van der Waals surface area (Å²) in [5.74, 6) is -0.130. The van der Waals surface area contributed by atoms with Crippen LogP contribution in [-0.2, 0) is 14.3 Å². The molecular formula is C15H28N2O3. The molecule has 0 radical (unpaired) electrons. The molecule has 2 amide bonds. The van der Waals surface area contributed by atoms with Crippen molar-refractivity contribution in [3.63, 3.8) is 0 Å². The SMILES string of the molecule is CCCOCCN1C(=O)C(C(C)(C)C)NC(=O)C1(C)C. The molecule has 0 aromatic carbocycles. The maximum Gasteiger partial charge on any atom is 0.246 e. The van der Waals surface area contributed by atoms with E-state index in [-0.39, 0.29) is 17.2 Å². The molecule has 20 heavy (non-hydrogen) atoms. The van der Waals surface area contributed by atoms with Crippen LogP contribution in [0.4, 0.5) is 0 Å². The highest BCUT2D eigenvalue weighted by Gasteiger charge is 2.49. The zero-order valence-electron chi connectivity index (χ0n) is 13.6. The molecule has 5 heteroatoms. The Bertz CT molecular complexity index is 372. The van der Waals surface area contributed by atoms with Gasteiger partial charge in [-0.25, -0.2) is 0 Å². The van der Waals surface area contributed by atoms with E-state index in [1.807, 2.05) is 27.7 Å². The Hall–Kier alpha value is -1.10. The average molecular weight is 284 g/mol. The predicted molar refractivity (Wildman–Crippen MR) is 78.3 cm³/mol. The summed E-state index contributed by atoms with van der Waals surface area (Å²) in [5, 5.41) is 2.86. The van der Waals surface area contributed by atoms with Crippen molar-refractivity contribution in [2.45, 2.75) is 59.5 Å². The molecule has 0 aliphatic carbocycles. The van der Waals surface area contributed by atoms with E-state index in [0.717, 1.165) is 6.42 Å². The molecule has 1 N–H and O–H groups in total. The van der Waals surface area contributed by atoms with Gasteiger partial charge in [-0.15, -0.1) is 0 Å². The lowest BCUT2D eigenvalue weighted by atomic mass is 9.82. The summed E-state index contributed by atoms with van der Waals surface area (Å²) in [4.78, 5) is 26.6. The van der Waals surface area contributed by atoms with Crippen LogP contribution in [0.3, 0.4) is 0 Å². The summed E-state index contributed by atoms with van der Waals surface area (Å²) in [7, 11) is 0. The number of nitrogens with zero attached hydrogens (tertiary/aromatic N) is 1. The van der Waals surface area contributed by atoms with E-state index >= 15 is 0 Å². The normalized spacial score (nSPS) is 22.9. The zero-order chi connectivity index (χ0) is 15.6. The van der Waals surface area contributed by atoms with Crippen LogP contribution in [-0.4, -0.2) is 48.1 Å². The largest absolute Gasteiger partial charge is 0.380 e. The lowest BCUT2D eigenvalue weighted by Crippen LogP contribution is -2.71. The molecule has 0 saturated carbocycles. The maximum absolute atomic E-state index is 12.7. The van der Waals surface area contributed by atoms with E-state index < -0.39 is 11.6 Å². The van der Waals surface area contributed by atoms with Gasteiger partial charge in [-0.3, -0.25) is 9.59 Å². The highest BCUT2D eigenvalue weighted by atomic mass is 16.5. The molecule has 1 fully saturated rings. The number of amides is 2. The fourth-order valence-electron chi connectivity index (χ4n) is 2.30. The second-order valence-electron chi connectivity index (χ2n) is 6.93. The van der Waals surface area contributed by atoms with Gasteiger partial charge in [-0.05, 0) is 25.7 Å². The summed E-state index contributed by atoms with van der Waals surface area (Å²) in [5.41, 5.74) is -1.12. The van der Waals surface area contributed by atoms with Gasteiger partial charge in [0.25, 0.3) is 0 Å². The van der Waals surface area contributed by atoms with Crippen LogP contribution in [0.2, 0.25) is 0 Å². The standard InChI is InChI=1S/C15H28N2O3/c1-7-9-20-10-8-17-12(18)11(14(2,3)4)16-13(19)15(17,5)6/h11H,7-10H2,1-6H3,(H,16,19). The van der Waals surface area contributed by atoms with Crippen LogP contribution in [0.5, 0.6) is 0 Å². The Balaban J connectivity index is 2.85. The Morgan fingerprint density at radius 1 is 1.25 bits per heavy atom. The molecule has 5 nitrogen and oxygen atoms in total. The monoisotopic (exact) mass is 284 g/mol. The number of carbonyl (C=O) groups is 2. The van der Waals surface area contributed by atoms with Crippen LogP contribution in [0.15, 0.2) is 0 Å². The minimum Gasteiger partial charge on any atom is -0.380 e. The fraction of sp³-hybridized carbons (Fsp3) is 0.867. The molecule has 1 aliphatic heterocycles. The smallest absolute Gasteiger partial charge is 0.246 e. The number of carbonyl (C=O) groups excluding carboxylic acids is 2. The number of ether oxygens (including phenoxy) is 1. The van der Waals surface area contributed by atoms with Crippen molar-refractivity contribution in [3.8, 4) is 0 Å². The molecule has 1 saturated heterocycles. The number of hydrogen-bond acceptors (Lipinski definition) is 3. The van der Waals surface area contributed by atoms with Gasteiger partial charge >= 0.3 is 0 Å². The van der Waals surface area contributed by atoms with Crippen LogP contribution in [0.25, 0.3) is 0 Å². The average Bonchev–Trinajstić information content (AvgIpc) is 2.31. The first kappa shape index (κ1) is 17.0. The van der Waals surface area contributed by atoms with Crippen LogP contribution < -0.4 is 5.32 Å². The number of piperazine rings is 1. The van der Waals surface area contributed by atoms with Crippen LogP contribution in [0, 0.1) is 5.41 Å². The second kappa shape index (κ2) is 6.12. The molecule has 0 aromatic rings. The molecule has 116 valence electrons. The maximum atomic E-state index is 12.7. The van der Waals surface area contributed by atoms with Gasteiger partial charge in [-0.1, -0.05) is 27.7 Å². The summed E-state index contributed by atoms with van der Waals surface area (Å²) in [6.45, 7) is 13.1. The van der Waals surface area contributed by atoms with Gasteiger partial charge in [0.2, 0.25) is 11.8 Å². The minimum atomic E-state index is -0.825. The predicted octanol–water partition coefficient (Wildman–Crippen LogP) is 1.56. The van der Waals surface area contributed by atoms with Gasteiger partial charge in [0, 0.05) is 13.2 Å². The van der Waals surface area contributed by atoms with Crippen molar-refractivity contribution in [2.24, 2.45) is 5.41 Å². The van der Waals surface area contributed by atoms with Crippen LogP contribution >= 0.6 is 0 Å². The lowest BCUT2D eigenvalue weighted by molar-refractivity contribution is -0.159. The summed E-state index contributed by atoms with van der Waals surface area (Å²) >= 11 is 0. The fourth-order valence-corrected chi connectivity index (χ4v) is 2.30.